The summed E-state index contributed by atoms with van der Waals surface area (Å²) >= 11 is 0. The van der Waals surface area contributed by atoms with Gasteiger partial charge in [0.25, 0.3) is 0 Å². The van der Waals surface area contributed by atoms with E-state index < -0.39 is 0 Å². The van der Waals surface area contributed by atoms with Crippen LogP contribution in [0.2, 0.25) is 0 Å². The average Bonchev–Trinajstić information content (AvgIpc) is 2.47. The van der Waals surface area contributed by atoms with Crippen LogP contribution in [0.3, 0.4) is 0 Å². The Morgan fingerprint density at radius 2 is 2.10 bits per heavy atom. The van der Waals surface area contributed by atoms with E-state index in [1.807, 2.05) is 31.2 Å². The van der Waals surface area contributed by atoms with Crippen molar-refractivity contribution in [3.63, 3.8) is 0 Å². The van der Waals surface area contributed by atoms with Crippen LogP contribution in [0.1, 0.15) is 28.4 Å². The van der Waals surface area contributed by atoms with Crippen LogP contribution in [0.25, 0.3) is 11.3 Å². The van der Waals surface area contributed by atoms with E-state index in [4.69, 9.17) is 10.5 Å². The fourth-order valence-electron chi connectivity index (χ4n) is 2.10. The number of carbonyl (C=O) groups is 1. The van der Waals surface area contributed by atoms with Gasteiger partial charge in [0, 0.05) is 18.3 Å². The van der Waals surface area contributed by atoms with Crippen molar-refractivity contribution in [1.29, 1.82) is 0 Å². The minimum atomic E-state index is -0.352. The number of hydrogen-bond donors (Lipinski definition) is 1. The Bertz CT molecular complexity index is 606. The molecule has 1 aromatic heterocycles. The van der Waals surface area contributed by atoms with E-state index in [1.54, 1.807) is 13.0 Å². The first-order valence-electron chi connectivity index (χ1n) is 6.59. The molecule has 0 atom stereocenters. The maximum Gasteiger partial charge on any atom is 0.339 e. The summed E-state index contributed by atoms with van der Waals surface area (Å²) in [4.78, 5) is 15.9. The molecule has 0 bridgehead atoms. The lowest BCUT2D eigenvalue weighted by molar-refractivity contribution is 0.0526. The topological polar surface area (TPSA) is 65.2 Å². The number of hydrogen-bond acceptors (Lipinski definition) is 4. The number of benzene rings is 1. The normalized spacial score (nSPS) is 10.3. The SMILES string of the molecule is CCOC(=O)c1ccc(-c2cccc(C)c2CN)nc1. The molecule has 0 saturated carbocycles. The van der Waals surface area contributed by atoms with Gasteiger partial charge in [0.05, 0.1) is 17.9 Å². The quantitative estimate of drug-likeness (QED) is 0.867. The third kappa shape index (κ3) is 2.86. The lowest BCUT2D eigenvalue weighted by atomic mass is 9.99. The Hall–Kier alpha value is -2.20. The first-order valence-corrected chi connectivity index (χ1v) is 6.59. The second kappa shape index (κ2) is 6.30. The van der Waals surface area contributed by atoms with E-state index in [0.29, 0.717) is 18.7 Å². The number of aromatic nitrogens is 1. The highest BCUT2D eigenvalue weighted by atomic mass is 16.5. The number of ether oxygens (including phenoxy) is 1. The van der Waals surface area contributed by atoms with Gasteiger partial charge in [-0.25, -0.2) is 4.79 Å². The molecule has 4 nitrogen and oxygen atoms in total. The molecule has 1 aromatic carbocycles. The molecule has 0 fully saturated rings. The summed E-state index contributed by atoms with van der Waals surface area (Å²) in [6.07, 6.45) is 1.54. The third-order valence-corrected chi connectivity index (χ3v) is 3.16. The molecule has 20 heavy (non-hydrogen) atoms. The molecule has 0 saturated heterocycles. The molecule has 2 aromatic rings. The zero-order valence-electron chi connectivity index (χ0n) is 11.7. The Kier molecular flexibility index (Phi) is 4.48. The van der Waals surface area contributed by atoms with Crippen LogP contribution in [0, 0.1) is 6.92 Å². The molecule has 0 aliphatic carbocycles. The van der Waals surface area contributed by atoms with Crippen molar-refractivity contribution in [2.24, 2.45) is 5.73 Å². The molecule has 0 spiro atoms. The highest BCUT2D eigenvalue weighted by molar-refractivity contribution is 5.89. The summed E-state index contributed by atoms with van der Waals surface area (Å²) < 4.78 is 4.94. The minimum Gasteiger partial charge on any atom is -0.462 e. The summed E-state index contributed by atoms with van der Waals surface area (Å²) in [6, 6.07) is 9.54. The average molecular weight is 270 g/mol. The fourth-order valence-corrected chi connectivity index (χ4v) is 2.10. The standard InChI is InChI=1S/C16H18N2O2/c1-3-20-16(19)12-7-8-15(18-10-12)13-6-4-5-11(2)14(13)9-17/h4-8,10H,3,9,17H2,1-2H3. The van der Waals surface area contributed by atoms with Crippen LogP contribution < -0.4 is 5.73 Å². The van der Waals surface area contributed by atoms with E-state index in [2.05, 4.69) is 4.98 Å². The van der Waals surface area contributed by atoms with Gasteiger partial charge in [0.2, 0.25) is 0 Å². The van der Waals surface area contributed by atoms with Gasteiger partial charge < -0.3 is 10.5 Å². The second-order valence-electron chi connectivity index (χ2n) is 4.46. The van der Waals surface area contributed by atoms with Gasteiger partial charge in [0.15, 0.2) is 0 Å². The van der Waals surface area contributed by atoms with Crippen LogP contribution in [0.15, 0.2) is 36.5 Å². The largest absolute Gasteiger partial charge is 0.462 e. The Morgan fingerprint density at radius 1 is 1.30 bits per heavy atom. The Labute approximate surface area is 118 Å². The number of pyridine rings is 1. The van der Waals surface area contributed by atoms with Gasteiger partial charge >= 0.3 is 5.97 Å². The van der Waals surface area contributed by atoms with E-state index in [-0.39, 0.29) is 5.97 Å². The molecular formula is C16H18N2O2. The maximum atomic E-state index is 11.6. The zero-order valence-corrected chi connectivity index (χ0v) is 11.7. The van der Waals surface area contributed by atoms with Crippen molar-refractivity contribution < 1.29 is 9.53 Å². The number of aryl methyl sites for hydroxylation is 1. The van der Waals surface area contributed by atoms with Crippen molar-refractivity contribution in [3.05, 3.63) is 53.2 Å². The molecule has 0 aliphatic heterocycles. The summed E-state index contributed by atoms with van der Waals surface area (Å²) in [5, 5.41) is 0. The van der Waals surface area contributed by atoms with Crippen LogP contribution in [0.5, 0.6) is 0 Å². The van der Waals surface area contributed by atoms with Crippen molar-refractivity contribution in [3.8, 4) is 11.3 Å². The van der Waals surface area contributed by atoms with E-state index in [9.17, 15) is 4.79 Å². The molecule has 2 N–H and O–H groups in total. The lowest BCUT2D eigenvalue weighted by Gasteiger charge is -2.10. The minimum absolute atomic E-state index is 0.352. The molecule has 2 rings (SSSR count). The van der Waals surface area contributed by atoms with Crippen molar-refractivity contribution in [2.75, 3.05) is 6.61 Å². The first-order chi connectivity index (χ1) is 9.67. The van der Waals surface area contributed by atoms with E-state index in [1.165, 1.54) is 6.20 Å². The van der Waals surface area contributed by atoms with Crippen molar-refractivity contribution >= 4 is 5.97 Å². The first kappa shape index (κ1) is 14.2. The summed E-state index contributed by atoms with van der Waals surface area (Å²) in [5.41, 5.74) is 10.3. The highest BCUT2D eigenvalue weighted by Gasteiger charge is 2.10. The van der Waals surface area contributed by atoms with Crippen molar-refractivity contribution in [1.82, 2.24) is 4.98 Å². The van der Waals surface area contributed by atoms with E-state index >= 15 is 0 Å². The lowest BCUT2D eigenvalue weighted by Crippen LogP contribution is -2.06. The predicted molar refractivity (Wildman–Crippen MR) is 78.3 cm³/mol. The maximum absolute atomic E-state index is 11.6. The van der Waals surface area contributed by atoms with Crippen LogP contribution in [-0.2, 0) is 11.3 Å². The van der Waals surface area contributed by atoms with Crippen LogP contribution in [0.4, 0.5) is 0 Å². The van der Waals surface area contributed by atoms with Gasteiger partial charge in [0.1, 0.15) is 0 Å². The smallest absolute Gasteiger partial charge is 0.339 e. The molecule has 0 amide bonds. The summed E-state index contributed by atoms with van der Waals surface area (Å²) in [7, 11) is 0. The molecule has 104 valence electrons. The highest BCUT2D eigenvalue weighted by Crippen LogP contribution is 2.24. The van der Waals surface area contributed by atoms with Crippen molar-refractivity contribution in [2.45, 2.75) is 20.4 Å². The van der Waals surface area contributed by atoms with Gasteiger partial charge in [-0.3, -0.25) is 4.98 Å². The van der Waals surface area contributed by atoms with Gasteiger partial charge in [-0.05, 0) is 37.1 Å². The molecule has 1 heterocycles. The molecular weight excluding hydrogens is 252 g/mol. The zero-order chi connectivity index (χ0) is 14.5. The third-order valence-electron chi connectivity index (χ3n) is 3.16. The van der Waals surface area contributed by atoms with Crippen LogP contribution >= 0.6 is 0 Å². The number of nitrogens with zero attached hydrogens (tertiary/aromatic N) is 1. The van der Waals surface area contributed by atoms with E-state index in [0.717, 1.165) is 22.4 Å². The number of rotatable bonds is 4. The Morgan fingerprint density at radius 3 is 2.70 bits per heavy atom. The van der Waals surface area contributed by atoms with Gasteiger partial charge in [-0.2, -0.15) is 0 Å². The molecule has 0 radical (unpaired) electrons. The van der Waals surface area contributed by atoms with Crippen LogP contribution in [-0.4, -0.2) is 17.6 Å². The molecule has 4 heteroatoms. The van der Waals surface area contributed by atoms with Gasteiger partial charge in [-0.15, -0.1) is 0 Å². The predicted octanol–water partition coefficient (Wildman–Crippen LogP) is 2.69. The summed E-state index contributed by atoms with van der Waals surface area (Å²) in [5.74, 6) is -0.352. The number of carbonyl (C=O) groups excluding carboxylic acids is 1. The number of esters is 1. The Balaban J connectivity index is 2.35. The fraction of sp³-hybridized carbons (Fsp3) is 0.250. The monoisotopic (exact) mass is 270 g/mol. The second-order valence-corrected chi connectivity index (χ2v) is 4.46. The molecule has 0 aliphatic rings. The molecule has 0 unspecified atom stereocenters. The number of nitrogens with two attached hydrogens (primary N) is 1. The summed E-state index contributed by atoms with van der Waals surface area (Å²) in [6.45, 7) is 4.62. The van der Waals surface area contributed by atoms with Gasteiger partial charge in [-0.1, -0.05) is 18.2 Å².